The summed E-state index contributed by atoms with van der Waals surface area (Å²) < 4.78 is 0. The molecule has 0 saturated heterocycles. The summed E-state index contributed by atoms with van der Waals surface area (Å²) in [4.78, 5) is 65.3. The SMILES string of the molecule is CN(C)C(=N)N=C(N)N.Nc1nc2ncc(CNc3ccc(C(=O)N[C@H](CCC(=O)[O-])C(=O)O)cc3)nc2c(=O)[nH]1. The van der Waals surface area contributed by atoms with Crippen molar-refractivity contribution >= 4 is 52.6 Å². The largest absolute Gasteiger partial charge is 0.550 e. The predicted octanol–water partition coefficient (Wildman–Crippen LogP) is -2.62. The van der Waals surface area contributed by atoms with E-state index in [2.05, 4.69) is 35.6 Å². The minimum atomic E-state index is -1.40. The highest BCUT2D eigenvalue weighted by Crippen LogP contribution is 2.12. The second-order valence-electron chi connectivity index (χ2n) is 8.45. The maximum Gasteiger partial charge on any atom is 0.326 e. The van der Waals surface area contributed by atoms with Crippen molar-refractivity contribution in [1.29, 1.82) is 5.41 Å². The number of aliphatic imine (C=N–C) groups is 1. The third kappa shape index (κ3) is 10.1. The third-order valence-electron chi connectivity index (χ3n) is 5.01. The molecule has 0 fully saturated rings. The summed E-state index contributed by atoms with van der Waals surface area (Å²) in [6.45, 7) is 0.225. The molecular formula is C23H29N12O6-. The Balaban J connectivity index is 0.000000564. The average molecular weight is 570 g/mol. The molecule has 3 aromatic rings. The molecule has 2 aromatic heterocycles. The molecule has 0 aliphatic carbocycles. The van der Waals surface area contributed by atoms with Crippen molar-refractivity contribution in [3.63, 3.8) is 0 Å². The van der Waals surface area contributed by atoms with Crippen LogP contribution in [0.2, 0.25) is 0 Å². The van der Waals surface area contributed by atoms with Crippen LogP contribution in [0.1, 0.15) is 28.9 Å². The molecule has 18 heteroatoms. The van der Waals surface area contributed by atoms with Crippen LogP contribution in [0.3, 0.4) is 0 Å². The first-order chi connectivity index (χ1) is 19.3. The Morgan fingerprint density at radius 2 is 1.85 bits per heavy atom. The lowest BCUT2D eigenvalue weighted by molar-refractivity contribution is -0.305. The molecule has 0 spiro atoms. The average Bonchev–Trinajstić information content (AvgIpc) is 2.89. The van der Waals surface area contributed by atoms with E-state index in [-0.39, 0.29) is 47.6 Å². The van der Waals surface area contributed by atoms with Gasteiger partial charge in [0, 0.05) is 31.3 Å². The number of guanidine groups is 2. The fourth-order valence-electron chi connectivity index (χ4n) is 2.97. The van der Waals surface area contributed by atoms with Crippen LogP contribution in [-0.4, -0.2) is 79.8 Å². The molecule has 1 amide bonds. The minimum absolute atomic E-state index is 0.0509. The number of aromatic nitrogens is 4. The van der Waals surface area contributed by atoms with Gasteiger partial charge in [0.05, 0.1) is 18.4 Å². The molecule has 218 valence electrons. The summed E-state index contributed by atoms with van der Waals surface area (Å²) in [5, 5.41) is 32.0. The van der Waals surface area contributed by atoms with Crippen LogP contribution in [0.4, 0.5) is 11.6 Å². The monoisotopic (exact) mass is 569 g/mol. The fourth-order valence-corrected chi connectivity index (χ4v) is 2.97. The number of carbonyl (C=O) groups excluding carboxylic acids is 2. The quantitative estimate of drug-likeness (QED) is 0.0966. The number of hydrogen-bond donors (Lipinski definition) is 8. The van der Waals surface area contributed by atoms with Gasteiger partial charge in [0.15, 0.2) is 17.1 Å². The molecule has 0 aliphatic heterocycles. The number of aliphatic carboxylic acids is 2. The second kappa shape index (κ2) is 14.4. The summed E-state index contributed by atoms with van der Waals surface area (Å²) in [6, 6.07) is 4.78. The van der Waals surface area contributed by atoms with Gasteiger partial charge >= 0.3 is 5.97 Å². The highest BCUT2D eigenvalue weighted by molar-refractivity contribution is 5.97. The van der Waals surface area contributed by atoms with Crippen molar-refractivity contribution in [3.8, 4) is 0 Å². The Bertz CT molecular complexity index is 1500. The number of fused-ring (bicyclic) bond motifs is 1. The number of aromatic amines is 1. The van der Waals surface area contributed by atoms with Gasteiger partial charge in [-0.15, -0.1) is 0 Å². The molecule has 0 bridgehead atoms. The number of H-pyrrole nitrogens is 1. The van der Waals surface area contributed by atoms with Crippen LogP contribution in [0.25, 0.3) is 11.2 Å². The first kappa shape index (κ1) is 31.4. The molecule has 18 nitrogen and oxygen atoms in total. The van der Waals surface area contributed by atoms with E-state index in [1.807, 2.05) is 0 Å². The van der Waals surface area contributed by atoms with Crippen LogP contribution in [0.15, 0.2) is 40.2 Å². The van der Waals surface area contributed by atoms with E-state index in [0.717, 1.165) is 0 Å². The molecule has 0 aliphatic rings. The summed E-state index contributed by atoms with van der Waals surface area (Å²) in [7, 11) is 3.38. The summed E-state index contributed by atoms with van der Waals surface area (Å²) in [5.41, 5.74) is 16.4. The lowest BCUT2D eigenvalue weighted by Gasteiger charge is -2.15. The number of benzene rings is 1. The minimum Gasteiger partial charge on any atom is -0.550 e. The van der Waals surface area contributed by atoms with Gasteiger partial charge in [0.25, 0.3) is 11.5 Å². The molecular weight excluding hydrogens is 540 g/mol. The fraction of sp³-hybridized carbons (Fsp3) is 0.261. The molecule has 0 radical (unpaired) electrons. The van der Waals surface area contributed by atoms with E-state index in [1.165, 1.54) is 23.2 Å². The summed E-state index contributed by atoms with van der Waals surface area (Å²) >= 11 is 0. The zero-order valence-electron chi connectivity index (χ0n) is 22.0. The van der Waals surface area contributed by atoms with Crippen LogP contribution in [0, 0.1) is 5.41 Å². The Morgan fingerprint density at radius 1 is 1.20 bits per heavy atom. The van der Waals surface area contributed by atoms with Crippen molar-refractivity contribution in [2.75, 3.05) is 25.1 Å². The molecule has 3 rings (SSSR count). The number of nitrogen functional groups attached to an aromatic ring is 1. The van der Waals surface area contributed by atoms with Crippen molar-refractivity contribution in [1.82, 2.24) is 30.2 Å². The van der Waals surface area contributed by atoms with E-state index >= 15 is 0 Å². The van der Waals surface area contributed by atoms with Gasteiger partial charge in [-0.1, -0.05) is 0 Å². The molecule has 2 heterocycles. The smallest absolute Gasteiger partial charge is 0.326 e. The van der Waals surface area contributed by atoms with Gasteiger partial charge in [0.1, 0.15) is 6.04 Å². The van der Waals surface area contributed by atoms with E-state index in [9.17, 15) is 24.3 Å². The maximum atomic E-state index is 12.3. The van der Waals surface area contributed by atoms with Crippen molar-refractivity contribution in [3.05, 3.63) is 52.1 Å². The highest BCUT2D eigenvalue weighted by Gasteiger charge is 2.20. The molecule has 1 aromatic carbocycles. The normalized spacial score (nSPS) is 10.9. The number of hydrogen-bond acceptors (Lipinski definition) is 11. The second-order valence-corrected chi connectivity index (χ2v) is 8.45. The molecule has 0 saturated carbocycles. The number of nitrogens with zero attached hydrogens (tertiary/aromatic N) is 5. The van der Waals surface area contributed by atoms with Crippen LogP contribution < -0.4 is 38.5 Å². The molecule has 41 heavy (non-hydrogen) atoms. The Morgan fingerprint density at radius 3 is 2.39 bits per heavy atom. The number of nitrogens with two attached hydrogens (primary N) is 3. The standard InChI is InChI=1S/C19H19N7O6.C4H11N5/c20-19-25-15-14(17(30)26-19)23-11(8-22-15)7-21-10-3-1-9(2-4-10)16(29)24-12(18(31)32)5-6-13(27)28;1-9(2)4(7)8-3(5)6/h1-4,8,12,21H,5-7H2,(H,24,29)(H,27,28)(H,31,32)(H3,20,22,25,26,30);1-2H3,(H5,5,6,7,8)/p-1/t12-;/m1./s1. The van der Waals surface area contributed by atoms with E-state index in [4.69, 9.17) is 27.7 Å². The molecule has 1 atom stereocenters. The van der Waals surface area contributed by atoms with Crippen molar-refractivity contribution < 1.29 is 24.6 Å². The lowest BCUT2D eigenvalue weighted by atomic mass is 10.1. The van der Waals surface area contributed by atoms with Gasteiger partial charge < -0.3 is 47.7 Å². The number of rotatable bonds is 9. The van der Waals surface area contributed by atoms with Crippen molar-refractivity contribution in [2.45, 2.75) is 25.4 Å². The van der Waals surface area contributed by atoms with Gasteiger partial charge in [-0.3, -0.25) is 20.0 Å². The number of amides is 1. The van der Waals surface area contributed by atoms with E-state index in [1.54, 1.807) is 26.2 Å². The molecule has 0 unspecified atom stereocenters. The summed E-state index contributed by atoms with van der Waals surface area (Å²) in [6.07, 6.45) is 0.662. The number of nitrogens with one attached hydrogen (secondary N) is 4. The Hall–Kier alpha value is -5.81. The van der Waals surface area contributed by atoms with Gasteiger partial charge in [-0.2, -0.15) is 9.98 Å². The number of carboxylic acids is 2. The van der Waals surface area contributed by atoms with Gasteiger partial charge in [0.2, 0.25) is 11.9 Å². The zero-order valence-corrected chi connectivity index (χ0v) is 22.0. The van der Waals surface area contributed by atoms with Crippen LogP contribution in [0.5, 0.6) is 0 Å². The molecule has 11 N–H and O–H groups in total. The first-order valence-electron chi connectivity index (χ1n) is 11.7. The summed E-state index contributed by atoms with van der Waals surface area (Å²) in [5.74, 6) is -3.49. The Kier molecular flexibility index (Phi) is 11.0. The highest BCUT2D eigenvalue weighted by atomic mass is 16.4. The topological polar surface area (TPSA) is 308 Å². The zero-order chi connectivity index (χ0) is 30.7. The Labute approximate surface area is 232 Å². The predicted molar refractivity (Wildman–Crippen MR) is 146 cm³/mol. The third-order valence-corrected chi connectivity index (χ3v) is 5.01. The van der Waals surface area contributed by atoms with Gasteiger partial charge in [-0.25, -0.2) is 14.8 Å². The van der Waals surface area contributed by atoms with E-state index in [0.29, 0.717) is 11.4 Å². The number of carboxylic acid groups (broad SMARTS) is 2. The maximum absolute atomic E-state index is 12.3. The van der Waals surface area contributed by atoms with Gasteiger partial charge in [-0.05, 0) is 37.1 Å². The van der Waals surface area contributed by atoms with E-state index < -0.39 is 35.9 Å². The lowest BCUT2D eigenvalue weighted by Crippen LogP contribution is -2.41. The van der Waals surface area contributed by atoms with Crippen molar-refractivity contribution in [2.24, 2.45) is 16.5 Å². The first-order valence-corrected chi connectivity index (χ1v) is 11.7. The van der Waals surface area contributed by atoms with Crippen LogP contribution in [-0.2, 0) is 16.1 Å². The number of carbonyl (C=O) groups is 3. The van der Waals surface area contributed by atoms with Crippen LogP contribution >= 0.6 is 0 Å². The number of anilines is 2.